The Kier molecular flexibility index (Phi) is 9.52. The second-order valence-corrected chi connectivity index (χ2v) is 14.1. The van der Waals surface area contributed by atoms with Gasteiger partial charge in [0.1, 0.15) is 0 Å². The number of nitrogens with zero attached hydrogens (tertiary/aromatic N) is 5. The zero-order valence-electron chi connectivity index (χ0n) is 29.5. The summed E-state index contributed by atoms with van der Waals surface area (Å²) < 4.78 is 78.0. The number of carbonyl (C=O) groups excluding carboxylic acids is 1. The first-order valence-electron chi connectivity index (χ1n) is 18.2. The first-order chi connectivity index (χ1) is 26.4. The second kappa shape index (κ2) is 14.5. The Labute approximate surface area is 313 Å². The summed E-state index contributed by atoms with van der Waals surface area (Å²) in [7, 11) is 0. The number of benzene rings is 3. The molecule has 0 spiro atoms. The highest BCUT2D eigenvalue weighted by Crippen LogP contribution is 2.41. The third kappa shape index (κ3) is 7.62. The van der Waals surface area contributed by atoms with Crippen molar-refractivity contribution in [2.24, 2.45) is 0 Å². The summed E-state index contributed by atoms with van der Waals surface area (Å²) in [5, 5.41) is 6.36. The Hall–Kier alpha value is -5.79. The minimum Gasteiger partial charge on any atom is -0.366 e. The summed E-state index contributed by atoms with van der Waals surface area (Å²) >= 11 is 0. The van der Waals surface area contributed by atoms with Gasteiger partial charge in [-0.3, -0.25) is 4.90 Å². The van der Waals surface area contributed by atoms with E-state index in [1.165, 1.54) is 12.1 Å². The van der Waals surface area contributed by atoms with Crippen molar-refractivity contribution in [3.05, 3.63) is 120 Å². The highest BCUT2D eigenvalue weighted by molar-refractivity contribution is 5.97. The molecule has 9 rings (SSSR count). The molecule has 6 heterocycles. The summed E-state index contributed by atoms with van der Waals surface area (Å²) in [6, 6.07) is 27.7. The van der Waals surface area contributed by atoms with Crippen LogP contribution >= 0.6 is 0 Å². The van der Waals surface area contributed by atoms with Crippen LogP contribution in [0.3, 0.4) is 0 Å². The van der Waals surface area contributed by atoms with Crippen molar-refractivity contribution in [2.75, 3.05) is 52.7 Å². The lowest BCUT2D eigenvalue weighted by atomic mass is 10.1. The lowest BCUT2D eigenvalue weighted by Gasteiger charge is -2.36. The number of fused-ring (bicyclic) bond motifs is 8. The molecule has 8 nitrogen and oxygen atoms in total. The first-order valence-corrected chi connectivity index (χ1v) is 18.2. The van der Waals surface area contributed by atoms with E-state index >= 15 is 0 Å². The van der Waals surface area contributed by atoms with E-state index in [2.05, 4.69) is 30.4 Å². The molecular formula is C41H37F6N7O. The predicted molar refractivity (Wildman–Crippen MR) is 200 cm³/mol. The summed E-state index contributed by atoms with van der Waals surface area (Å²) in [5.41, 5.74) is 3.43. The van der Waals surface area contributed by atoms with E-state index in [4.69, 9.17) is 0 Å². The Bertz CT molecular complexity index is 2190. The second-order valence-electron chi connectivity index (χ2n) is 14.1. The average Bonchev–Trinajstić information content (AvgIpc) is 3.78. The fourth-order valence-corrected chi connectivity index (χ4v) is 7.65. The van der Waals surface area contributed by atoms with Crippen LogP contribution in [0.2, 0.25) is 0 Å². The van der Waals surface area contributed by atoms with Gasteiger partial charge in [0.2, 0.25) is 0 Å². The number of pyridine rings is 2. The van der Waals surface area contributed by atoms with Crippen LogP contribution in [-0.4, -0.2) is 60.8 Å². The van der Waals surface area contributed by atoms with Gasteiger partial charge in [-0.25, -0.2) is 14.8 Å². The van der Waals surface area contributed by atoms with Crippen molar-refractivity contribution in [1.82, 2.24) is 15.3 Å². The number of aromatic nitrogens is 2. The van der Waals surface area contributed by atoms with Crippen molar-refractivity contribution in [1.29, 1.82) is 0 Å². The minimum atomic E-state index is -4.43. The Balaban J connectivity index is 0.000000168. The van der Waals surface area contributed by atoms with Crippen LogP contribution in [0.25, 0.3) is 22.5 Å². The molecule has 2 aromatic heterocycles. The summed E-state index contributed by atoms with van der Waals surface area (Å²) in [4.78, 5) is 28.5. The molecule has 2 amide bonds. The van der Waals surface area contributed by atoms with Crippen molar-refractivity contribution >= 4 is 29.0 Å². The van der Waals surface area contributed by atoms with Gasteiger partial charge in [0, 0.05) is 49.9 Å². The topological polar surface area (TPSA) is 76.6 Å². The molecule has 4 aliphatic heterocycles. The third-order valence-electron chi connectivity index (χ3n) is 10.4. The molecule has 2 saturated heterocycles. The van der Waals surface area contributed by atoms with E-state index < -0.39 is 23.5 Å². The van der Waals surface area contributed by atoms with Gasteiger partial charge in [0.15, 0.2) is 11.6 Å². The highest BCUT2D eigenvalue weighted by atomic mass is 19.4. The van der Waals surface area contributed by atoms with Crippen LogP contribution in [0.5, 0.6) is 0 Å². The van der Waals surface area contributed by atoms with Gasteiger partial charge in [-0.1, -0.05) is 54.6 Å². The van der Waals surface area contributed by atoms with Crippen molar-refractivity contribution in [3.8, 4) is 22.5 Å². The molecule has 5 aromatic rings. The fourth-order valence-electron chi connectivity index (χ4n) is 7.65. The maximum atomic E-state index is 13.2. The zero-order valence-corrected chi connectivity index (χ0v) is 29.5. The summed E-state index contributed by atoms with van der Waals surface area (Å²) in [6.45, 7) is 3.99. The molecule has 2 N–H and O–H groups in total. The smallest absolute Gasteiger partial charge is 0.366 e. The van der Waals surface area contributed by atoms with Gasteiger partial charge >= 0.3 is 18.4 Å². The summed E-state index contributed by atoms with van der Waals surface area (Å²) in [6.07, 6.45) is -6.18. The highest BCUT2D eigenvalue weighted by Gasteiger charge is 2.40. The predicted octanol–water partition coefficient (Wildman–Crippen LogP) is 8.89. The number of halogens is 6. The number of hydrogen-bond acceptors (Lipinski definition) is 6. The van der Waals surface area contributed by atoms with Crippen molar-refractivity contribution < 1.29 is 31.1 Å². The van der Waals surface area contributed by atoms with E-state index in [-0.39, 0.29) is 12.1 Å². The number of carbonyl (C=O) groups is 1. The molecular weight excluding hydrogens is 720 g/mol. The van der Waals surface area contributed by atoms with Gasteiger partial charge in [0.25, 0.3) is 0 Å². The molecule has 0 radical (unpaired) electrons. The largest absolute Gasteiger partial charge is 0.416 e. The fraction of sp³-hybridized carbons (Fsp3) is 0.293. The number of amides is 2. The molecule has 3 aromatic carbocycles. The van der Waals surface area contributed by atoms with Gasteiger partial charge in [-0.2, -0.15) is 26.3 Å². The first kappa shape index (κ1) is 36.2. The van der Waals surface area contributed by atoms with Crippen LogP contribution in [-0.2, 0) is 18.8 Å². The molecule has 0 saturated carbocycles. The van der Waals surface area contributed by atoms with Gasteiger partial charge in [0.05, 0.1) is 39.9 Å². The van der Waals surface area contributed by atoms with E-state index in [1.54, 1.807) is 29.2 Å². The van der Waals surface area contributed by atoms with E-state index in [0.717, 1.165) is 86.0 Å². The molecule has 55 heavy (non-hydrogen) atoms. The normalized spacial score (nSPS) is 18.2. The van der Waals surface area contributed by atoms with E-state index in [0.29, 0.717) is 47.3 Å². The van der Waals surface area contributed by atoms with Crippen LogP contribution in [0.15, 0.2) is 103 Å². The summed E-state index contributed by atoms with van der Waals surface area (Å²) in [5.74, 6) is 1.26. The van der Waals surface area contributed by atoms with Gasteiger partial charge < -0.3 is 20.4 Å². The number of rotatable bonds is 5. The van der Waals surface area contributed by atoms with Crippen LogP contribution in [0.4, 0.5) is 54.1 Å². The number of urea groups is 1. The molecule has 14 heteroatoms. The lowest BCUT2D eigenvalue weighted by molar-refractivity contribution is -0.138. The number of hydrogen-bond donors (Lipinski definition) is 2. The van der Waals surface area contributed by atoms with Crippen LogP contribution < -0.4 is 25.3 Å². The van der Waals surface area contributed by atoms with Crippen molar-refractivity contribution in [3.63, 3.8) is 0 Å². The van der Waals surface area contributed by atoms with Gasteiger partial charge in [-0.05, 0) is 73.4 Å². The minimum absolute atomic E-state index is 0.0153. The number of alkyl halides is 6. The number of nitrogens with one attached hydrogen (secondary N) is 2. The third-order valence-corrected chi connectivity index (χ3v) is 10.4. The molecule has 0 aliphatic carbocycles. The molecule has 4 bridgehead atoms. The SMILES string of the molecule is FC(F)(F)c1cccc(-c2ccc3c(n2)N[C@H]2CCN3C2)c1.O=C(NCCc1ccccc1)N1c2nc(-c3cccc(C(F)(F)F)c3)ccc2N2CC[C@H]1C2. The van der Waals surface area contributed by atoms with Gasteiger partial charge in [-0.15, -0.1) is 0 Å². The van der Waals surface area contributed by atoms with E-state index in [1.807, 2.05) is 42.5 Å². The number of anilines is 4. The molecule has 284 valence electrons. The Morgan fingerprint density at radius 3 is 2.00 bits per heavy atom. The zero-order chi connectivity index (χ0) is 38.3. The van der Waals surface area contributed by atoms with Crippen molar-refractivity contribution in [2.45, 2.75) is 43.7 Å². The van der Waals surface area contributed by atoms with Crippen LogP contribution in [0.1, 0.15) is 29.5 Å². The Morgan fingerprint density at radius 1 is 0.709 bits per heavy atom. The monoisotopic (exact) mass is 757 g/mol. The molecule has 4 aliphatic rings. The molecule has 2 atom stereocenters. The lowest BCUT2D eigenvalue weighted by Crippen LogP contribution is -2.51. The average molecular weight is 758 g/mol. The maximum Gasteiger partial charge on any atom is 0.416 e. The molecule has 2 fully saturated rings. The van der Waals surface area contributed by atoms with Crippen LogP contribution in [0, 0.1) is 0 Å². The standard InChI is InChI=1S/C25H23F3N4O.C16H14F3N3/c26-25(27,28)19-8-4-7-18(15-19)21-9-10-22-23(30-21)32(20-12-14-31(22)16-20)24(33)29-13-11-17-5-2-1-3-6-17;17-16(18,19)11-3-1-2-10(8-11)13-4-5-14-15(21-13)20-12-6-7-22(14)9-12/h1-10,15,20H,11-14,16H2,(H,29,33);1-5,8,12H,6-7,9H2,(H,20,21)/t20-;12-/m00/s1. The quantitative estimate of drug-likeness (QED) is 0.175. The Morgan fingerprint density at radius 2 is 1.33 bits per heavy atom. The molecule has 0 unspecified atom stereocenters. The van der Waals surface area contributed by atoms with E-state index in [9.17, 15) is 31.1 Å². The maximum absolute atomic E-state index is 13.2.